The Kier molecular flexibility index (Phi) is 2.75. The fourth-order valence-corrected chi connectivity index (χ4v) is 2.78. The Morgan fingerprint density at radius 3 is 2.17 bits per heavy atom. The van der Waals surface area contributed by atoms with Crippen LogP contribution in [-0.2, 0) is 23.7 Å². The molecule has 4 unspecified atom stereocenters. The van der Waals surface area contributed by atoms with Gasteiger partial charge in [0, 0.05) is 0 Å². The summed E-state index contributed by atoms with van der Waals surface area (Å²) in [6, 6.07) is 0. The van der Waals surface area contributed by atoms with Gasteiger partial charge in [0.2, 0.25) is 0 Å². The molecule has 3 aliphatic heterocycles. The minimum atomic E-state index is -0.978. The van der Waals surface area contributed by atoms with Gasteiger partial charge in [-0.15, -0.1) is 0 Å². The third-order valence-electron chi connectivity index (χ3n) is 3.46. The standard InChI is InChI=1S/C12H20O6/c1-11(2)14-5-6(16-11)7-8-9(10(13)15-7)18-12(3,4)17-8/h6-10,13H,5H2,1-4H3/t6?,7-,8?,9?,10?/m1/s1. The highest BCUT2D eigenvalue weighted by Crippen LogP contribution is 2.41. The van der Waals surface area contributed by atoms with Gasteiger partial charge in [-0.3, -0.25) is 0 Å². The molecule has 0 spiro atoms. The molecule has 3 aliphatic rings. The summed E-state index contributed by atoms with van der Waals surface area (Å²) in [5, 5.41) is 9.87. The third kappa shape index (κ3) is 2.07. The minimum absolute atomic E-state index is 0.248. The Labute approximate surface area is 106 Å². The van der Waals surface area contributed by atoms with Crippen molar-refractivity contribution in [2.75, 3.05) is 6.61 Å². The monoisotopic (exact) mass is 260 g/mol. The molecule has 3 fully saturated rings. The molecule has 0 saturated carbocycles. The molecule has 0 aliphatic carbocycles. The first-order valence-electron chi connectivity index (χ1n) is 6.28. The van der Waals surface area contributed by atoms with E-state index in [-0.39, 0.29) is 18.3 Å². The van der Waals surface area contributed by atoms with Crippen LogP contribution in [0.5, 0.6) is 0 Å². The highest BCUT2D eigenvalue weighted by atomic mass is 16.8. The fraction of sp³-hybridized carbons (Fsp3) is 1.00. The molecule has 0 amide bonds. The topological polar surface area (TPSA) is 66.4 Å². The summed E-state index contributed by atoms with van der Waals surface area (Å²) in [7, 11) is 0. The van der Waals surface area contributed by atoms with Crippen molar-refractivity contribution in [3.63, 3.8) is 0 Å². The second kappa shape index (κ2) is 3.88. The van der Waals surface area contributed by atoms with Gasteiger partial charge >= 0.3 is 0 Å². The largest absolute Gasteiger partial charge is 0.366 e. The van der Waals surface area contributed by atoms with Crippen LogP contribution < -0.4 is 0 Å². The van der Waals surface area contributed by atoms with E-state index in [9.17, 15) is 5.11 Å². The highest BCUT2D eigenvalue weighted by Gasteiger charge is 2.58. The quantitative estimate of drug-likeness (QED) is 0.735. The lowest BCUT2D eigenvalue weighted by atomic mass is 10.1. The van der Waals surface area contributed by atoms with Gasteiger partial charge in [0.05, 0.1) is 6.61 Å². The molecule has 104 valence electrons. The number of aliphatic hydroxyl groups excluding tert-OH is 1. The van der Waals surface area contributed by atoms with Crippen molar-refractivity contribution in [2.45, 2.75) is 70.0 Å². The van der Waals surface area contributed by atoms with Crippen LogP contribution in [0.4, 0.5) is 0 Å². The van der Waals surface area contributed by atoms with Gasteiger partial charge in [-0.25, -0.2) is 0 Å². The predicted octanol–water partition coefficient (Wildman–Crippen LogP) is 0.375. The lowest BCUT2D eigenvalue weighted by molar-refractivity contribution is -0.236. The van der Waals surface area contributed by atoms with Crippen molar-refractivity contribution in [1.82, 2.24) is 0 Å². The molecule has 0 aromatic heterocycles. The zero-order valence-corrected chi connectivity index (χ0v) is 11.1. The van der Waals surface area contributed by atoms with Crippen molar-refractivity contribution in [2.24, 2.45) is 0 Å². The molecular weight excluding hydrogens is 240 g/mol. The highest BCUT2D eigenvalue weighted by molar-refractivity contribution is 4.99. The number of hydrogen-bond donors (Lipinski definition) is 1. The predicted molar refractivity (Wildman–Crippen MR) is 59.6 cm³/mol. The van der Waals surface area contributed by atoms with Crippen LogP contribution in [0.1, 0.15) is 27.7 Å². The first-order chi connectivity index (χ1) is 8.27. The van der Waals surface area contributed by atoms with Gasteiger partial charge in [-0.2, -0.15) is 0 Å². The smallest absolute Gasteiger partial charge is 0.184 e. The van der Waals surface area contributed by atoms with E-state index in [1.807, 2.05) is 27.7 Å². The molecule has 3 saturated heterocycles. The van der Waals surface area contributed by atoms with Crippen molar-refractivity contribution < 1.29 is 28.8 Å². The van der Waals surface area contributed by atoms with Crippen molar-refractivity contribution >= 4 is 0 Å². The molecule has 0 aromatic rings. The SMILES string of the molecule is CC1(C)OCC([C@H]2OC(O)C3OC(C)(C)OC32)O1. The molecule has 0 aromatic carbocycles. The molecule has 3 rings (SSSR count). The number of hydrogen-bond acceptors (Lipinski definition) is 6. The molecule has 1 N–H and O–H groups in total. The first-order valence-corrected chi connectivity index (χ1v) is 6.28. The van der Waals surface area contributed by atoms with E-state index in [0.29, 0.717) is 6.61 Å². The Morgan fingerprint density at radius 1 is 0.889 bits per heavy atom. The molecule has 6 nitrogen and oxygen atoms in total. The molecule has 0 bridgehead atoms. The lowest BCUT2D eigenvalue weighted by Gasteiger charge is -2.26. The summed E-state index contributed by atoms with van der Waals surface area (Å²) in [6.45, 7) is 7.78. The summed E-state index contributed by atoms with van der Waals surface area (Å²) < 4.78 is 28.2. The van der Waals surface area contributed by atoms with Crippen LogP contribution in [0.25, 0.3) is 0 Å². The summed E-state index contributed by atoms with van der Waals surface area (Å²) in [4.78, 5) is 0. The minimum Gasteiger partial charge on any atom is -0.366 e. The van der Waals surface area contributed by atoms with E-state index in [0.717, 1.165) is 0 Å². The van der Waals surface area contributed by atoms with E-state index in [1.54, 1.807) is 0 Å². The Morgan fingerprint density at radius 2 is 1.56 bits per heavy atom. The van der Waals surface area contributed by atoms with E-state index in [2.05, 4.69) is 0 Å². The fourth-order valence-electron chi connectivity index (χ4n) is 2.78. The Balaban J connectivity index is 1.75. The van der Waals surface area contributed by atoms with Crippen LogP contribution >= 0.6 is 0 Å². The maximum atomic E-state index is 9.87. The maximum absolute atomic E-state index is 9.87. The first kappa shape index (κ1) is 12.8. The van der Waals surface area contributed by atoms with Crippen LogP contribution in [0.2, 0.25) is 0 Å². The molecule has 6 heteroatoms. The normalized spacial score (nSPS) is 49.5. The zero-order valence-electron chi connectivity index (χ0n) is 11.1. The molecule has 3 heterocycles. The van der Waals surface area contributed by atoms with Crippen LogP contribution in [-0.4, -0.2) is 54.0 Å². The maximum Gasteiger partial charge on any atom is 0.184 e. The van der Waals surface area contributed by atoms with Gasteiger partial charge in [0.25, 0.3) is 0 Å². The summed E-state index contributed by atoms with van der Waals surface area (Å²) in [5.41, 5.74) is 0. The van der Waals surface area contributed by atoms with Crippen LogP contribution in [0.15, 0.2) is 0 Å². The van der Waals surface area contributed by atoms with Gasteiger partial charge in [0.15, 0.2) is 17.9 Å². The second-order valence-electron chi connectivity index (χ2n) is 5.92. The summed E-state index contributed by atoms with van der Waals surface area (Å²) in [5.74, 6) is -1.32. The number of aliphatic hydroxyl groups is 1. The van der Waals surface area contributed by atoms with E-state index in [4.69, 9.17) is 23.7 Å². The van der Waals surface area contributed by atoms with E-state index < -0.39 is 24.0 Å². The van der Waals surface area contributed by atoms with Gasteiger partial charge in [-0.05, 0) is 27.7 Å². The summed E-state index contributed by atoms with van der Waals surface area (Å²) in [6.07, 6.45) is -2.38. The average molecular weight is 260 g/mol. The van der Waals surface area contributed by atoms with Gasteiger partial charge < -0.3 is 28.8 Å². The van der Waals surface area contributed by atoms with Crippen molar-refractivity contribution in [1.29, 1.82) is 0 Å². The van der Waals surface area contributed by atoms with Crippen molar-refractivity contribution in [3.8, 4) is 0 Å². The van der Waals surface area contributed by atoms with Gasteiger partial charge in [-0.1, -0.05) is 0 Å². The second-order valence-corrected chi connectivity index (χ2v) is 5.92. The number of fused-ring (bicyclic) bond motifs is 1. The number of rotatable bonds is 1. The number of ether oxygens (including phenoxy) is 5. The summed E-state index contributed by atoms with van der Waals surface area (Å²) >= 11 is 0. The Bertz CT molecular complexity index is 341. The van der Waals surface area contributed by atoms with Crippen LogP contribution in [0.3, 0.4) is 0 Å². The van der Waals surface area contributed by atoms with Gasteiger partial charge in [0.1, 0.15) is 24.4 Å². The average Bonchev–Trinajstić information content (AvgIpc) is 2.81. The lowest BCUT2D eigenvalue weighted by Crippen LogP contribution is -2.40. The third-order valence-corrected chi connectivity index (χ3v) is 3.46. The molecular formula is C12H20O6. The van der Waals surface area contributed by atoms with E-state index >= 15 is 0 Å². The zero-order chi connectivity index (χ0) is 13.1. The van der Waals surface area contributed by atoms with Crippen LogP contribution in [0, 0.1) is 0 Å². The molecule has 0 radical (unpaired) electrons. The molecule has 5 atom stereocenters. The Hall–Kier alpha value is -0.240. The molecule has 18 heavy (non-hydrogen) atoms. The van der Waals surface area contributed by atoms with E-state index in [1.165, 1.54) is 0 Å². The van der Waals surface area contributed by atoms with Crippen molar-refractivity contribution in [3.05, 3.63) is 0 Å².